The van der Waals surface area contributed by atoms with Crippen LogP contribution in [0.4, 0.5) is 0 Å². The zero-order valence-corrected chi connectivity index (χ0v) is 11.6. The van der Waals surface area contributed by atoms with Gasteiger partial charge in [0.2, 0.25) is 5.91 Å². The van der Waals surface area contributed by atoms with E-state index in [-0.39, 0.29) is 5.91 Å². The minimum absolute atomic E-state index is 0.239. The second-order valence-electron chi connectivity index (χ2n) is 4.02. The van der Waals surface area contributed by atoms with Gasteiger partial charge in [-0.25, -0.2) is 0 Å². The number of thiophene rings is 1. The number of rotatable bonds is 2. The van der Waals surface area contributed by atoms with Crippen LogP contribution in [0.15, 0.2) is 15.9 Å². The topological polar surface area (TPSA) is 32.3 Å². The summed E-state index contributed by atoms with van der Waals surface area (Å²) in [7, 11) is 0. The number of hydrogen-bond acceptors (Lipinski definition) is 3. The lowest BCUT2D eigenvalue weighted by atomic mass is 10.2. The van der Waals surface area contributed by atoms with Crippen LogP contribution in [0.5, 0.6) is 0 Å². The first-order valence-electron chi connectivity index (χ1n) is 5.41. The fourth-order valence-electron chi connectivity index (χ4n) is 1.91. The normalized spacial score (nSPS) is 21.1. The molecule has 0 aliphatic carbocycles. The van der Waals surface area contributed by atoms with Crippen LogP contribution < -0.4 is 5.32 Å². The molecule has 1 aliphatic heterocycles. The van der Waals surface area contributed by atoms with Crippen molar-refractivity contribution in [3.63, 3.8) is 0 Å². The predicted octanol–water partition coefficient (Wildman–Crippen LogP) is 1.87. The van der Waals surface area contributed by atoms with Crippen LogP contribution in [0.2, 0.25) is 0 Å². The standard InChI is InChI=1S/C11H15BrN2OS/c1-8-7-13-4-5-14(8)11(15)6-9-2-3-10(12)16-9/h2-3,8,13H,4-7H2,1H3/t8-/m1/s1. The average Bonchev–Trinajstić information content (AvgIpc) is 2.64. The Morgan fingerprint density at radius 2 is 2.50 bits per heavy atom. The third-order valence-corrected chi connectivity index (χ3v) is 4.40. The molecule has 88 valence electrons. The Balaban J connectivity index is 1.96. The molecule has 0 spiro atoms. The van der Waals surface area contributed by atoms with Crippen LogP contribution in [0, 0.1) is 0 Å². The van der Waals surface area contributed by atoms with Gasteiger partial charge in [-0.05, 0) is 35.0 Å². The van der Waals surface area contributed by atoms with Crippen molar-refractivity contribution in [3.05, 3.63) is 20.8 Å². The summed E-state index contributed by atoms with van der Waals surface area (Å²) in [5.74, 6) is 0.239. The minimum atomic E-state index is 0.239. The fraction of sp³-hybridized carbons (Fsp3) is 0.545. The highest BCUT2D eigenvalue weighted by Gasteiger charge is 2.23. The number of hydrogen-bond donors (Lipinski definition) is 1. The van der Waals surface area contributed by atoms with Gasteiger partial charge in [-0.1, -0.05) is 0 Å². The van der Waals surface area contributed by atoms with Crippen LogP contribution in [0.1, 0.15) is 11.8 Å². The molecule has 1 aromatic heterocycles. The Morgan fingerprint density at radius 3 is 3.12 bits per heavy atom. The van der Waals surface area contributed by atoms with Gasteiger partial charge in [-0.3, -0.25) is 4.79 Å². The second-order valence-corrected chi connectivity index (χ2v) is 6.57. The summed E-state index contributed by atoms with van der Waals surface area (Å²) in [4.78, 5) is 15.2. The predicted molar refractivity (Wildman–Crippen MR) is 69.8 cm³/mol. The third kappa shape index (κ3) is 2.84. The first kappa shape index (κ1) is 12.1. The number of amides is 1. The highest BCUT2D eigenvalue weighted by molar-refractivity contribution is 9.11. The van der Waals surface area contributed by atoms with E-state index in [1.165, 1.54) is 0 Å². The van der Waals surface area contributed by atoms with Crippen LogP contribution >= 0.6 is 27.3 Å². The molecule has 2 heterocycles. The van der Waals surface area contributed by atoms with E-state index in [1.54, 1.807) is 11.3 Å². The summed E-state index contributed by atoms with van der Waals surface area (Å²) in [6.07, 6.45) is 0.528. The number of carbonyl (C=O) groups excluding carboxylic acids is 1. The first-order chi connectivity index (χ1) is 7.66. The highest BCUT2D eigenvalue weighted by atomic mass is 79.9. The largest absolute Gasteiger partial charge is 0.337 e. The monoisotopic (exact) mass is 302 g/mol. The lowest BCUT2D eigenvalue weighted by Crippen LogP contribution is -2.52. The molecule has 0 radical (unpaired) electrons. The molecule has 1 aromatic rings. The molecule has 1 N–H and O–H groups in total. The van der Waals surface area contributed by atoms with Crippen molar-refractivity contribution >= 4 is 33.2 Å². The molecule has 3 nitrogen and oxygen atoms in total. The van der Waals surface area contributed by atoms with Crippen molar-refractivity contribution in [3.8, 4) is 0 Å². The fourth-order valence-corrected chi connectivity index (χ4v) is 3.38. The SMILES string of the molecule is C[C@@H]1CNCCN1C(=O)Cc1ccc(Br)s1. The van der Waals surface area contributed by atoms with Gasteiger partial charge in [0, 0.05) is 30.6 Å². The van der Waals surface area contributed by atoms with Crippen molar-refractivity contribution in [1.82, 2.24) is 10.2 Å². The average molecular weight is 303 g/mol. The van der Waals surface area contributed by atoms with Gasteiger partial charge in [0.05, 0.1) is 10.2 Å². The molecule has 2 rings (SSSR count). The van der Waals surface area contributed by atoms with Crippen LogP contribution in [-0.2, 0) is 11.2 Å². The molecule has 0 bridgehead atoms. The van der Waals surface area contributed by atoms with Gasteiger partial charge in [-0.2, -0.15) is 0 Å². The molecule has 0 unspecified atom stereocenters. The quantitative estimate of drug-likeness (QED) is 0.905. The smallest absolute Gasteiger partial charge is 0.228 e. The summed E-state index contributed by atoms with van der Waals surface area (Å²) >= 11 is 5.05. The van der Waals surface area contributed by atoms with E-state index in [4.69, 9.17) is 0 Å². The van der Waals surface area contributed by atoms with Crippen molar-refractivity contribution in [2.75, 3.05) is 19.6 Å². The second kappa shape index (κ2) is 5.29. The van der Waals surface area contributed by atoms with Crippen molar-refractivity contribution in [2.45, 2.75) is 19.4 Å². The summed E-state index contributed by atoms with van der Waals surface area (Å²) in [6, 6.07) is 4.32. The lowest BCUT2D eigenvalue weighted by Gasteiger charge is -2.34. The van der Waals surface area contributed by atoms with Crippen LogP contribution in [0.3, 0.4) is 0 Å². The molecule has 16 heavy (non-hydrogen) atoms. The summed E-state index contributed by atoms with van der Waals surface area (Å²) < 4.78 is 1.09. The van der Waals surface area contributed by atoms with Gasteiger partial charge in [0.15, 0.2) is 0 Å². The summed E-state index contributed by atoms with van der Waals surface area (Å²) in [5.41, 5.74) is 0. The maximum absolute atomic E-state index is 12.1. The van der Waals surface area contributed by atoms with Gasteiger partial charge in [0.1, 0.15) is 0 Å². The van der Waals surface area contributed by atoms with Gasteiger partial charge in [0.25, 0.3) is 0 Å². The summed E-state index contributed by atoms with van der Waals surface area (Å²) in [5, 5.41) is 3.29. The van der Waals surface area contributed by atoms with E-state index in [2.05, 4.69) is 28.2 Å². The minimum Gasteiger partial charge on any atom is -0.337 e. The molecule has 1 aliphatic rings. The van der Waals surface area contributed by atoms with E-state index in [0.29, 0.717) is 12.5 Å². The molecule has 1 atom stereocenters. The molecular weight excluding hydrogens is 288 g/mol. The van der Waals surface area contributed by atoms with E-state index >= 15 is 0 Å². The lowest BCUT2D eigenvalue weighted by molar-refractivity contribution is -0.133. The Labute approximate surface area is 108 Å². The van der Waals surface area contributed by atoms with E-state index < -0.39 is 0 Å². The van der Waals surface area contributed by atoms with E-state index in [1.807, 2.05) is 17.0 Å². The molecule has 0 aromatic carbocycles. The Morgan fingerprint density at radius 1 is 1.69 bits per heavy atom. The number of nitrogens with one attached hydrogen (secondary N) is 1. The number of carbonyl (C=O) groups is 1. The molecular formula is C11H15BrN2OS. The molecule has 0 saturated carbocycles. The Kier molecular flexibility index (Phi) is 4.00. The van der Waals surface area contributed by atoms with Gasteiger partial charge in [-0.15, -0.1) is 11.3 Å². The van der Waals surface area contributed by atoms with Crippen molar-refractivity contribution in [2.24, 2.45) is 0 Å². The maximum Gasteiger partial charge on any atom is 0.228 e. The van der Waals surface area contributed by atoms with Crippen molar-refractivity contribution < 1.29 is 4.79 Å². The van der Waals surface area contributed by atoms with Crippen LogP contribution in [0.25, 0.3) is 0 Å². The van der Waals surface area contributed by atoms with E-state index in [0.717, 1.165) is 28.3 Å². The first-order valence-corrected chi connectivity index (χ1v) is 7.02. The number of piperazine rings is 1. The summed E-state index contributed by atoms with van der Waals surface area (Å²) in [6.45, 7) is 4.73. The molecule has 5 heteroatoms. The Bertz CT molecular complexity index is 380. The molecule has 1 fully saturated rings. The van der Waals surface area contributed by atoms with E-state index in [9.17, 15) is 4.79 Å². The zero-order valence-electron chi connectivity index (χ0n) is 9.20. The Hall–Kier alpha value is -0.390. The number of nitrogens with zero attached hydrogens (tertiary/aromatic N) is 1. The third-order valence-electron chi connectivity index (χ3n) is 2.78. The van der Waals surface area contributed by atoms with Crippen molar-refractivity contribution in [1.29, 1.82) is 0 Å². The van der Waals surface area contributed by atoms with Gasteiger partial charge >= 0.3 is 0 Å². The highest BCUT2D eigenvalue weighted by Crippen LogP contribution is 2.23. The molecule has 1 amide bonds. The molecule has 1 saturated heterocycles. The maximum atomic E-state index is 12.1. The number of halogens is 1. The van der Waals surface area contributed by atoms with Gasteiger partial charge < -0.3 is 10.2 Å². The van der Waals surface area contributed by atoms with Crippen LogP contribution in [-0.4, -0.2) is 36.5 Å². The zero-order chi connectivity index (χ0) is 11.5.